The molecule has 1 saturated heterocycles. The summed E-state index contributed by atoms with van der Waals surface area (Å²) in [5.74, 6) is -0.337. The Balaban J connectivity index is 1.47. The standard InChI is InChI=1S/C23H39N5O4/c1-2-3-4-5-6-7-8-9-10-11-14-26-15-17-27(18-16-26)20-22(29)25-24-19-21-12-13-23(32-21)28(30)31/h12-13,19H,2-11,14-18,20H2,1H3,(H,25,29)/b24-19-. The van der Waals surface area contributed by atoms with E-state index in [1.54, 1.807) is 0 Å². The third-order valence-electron chi connectivity index (χ3n) is 5.83. The number of hydrogen-bond donors (Lipinski definition) is 1. The molecule has 9 nitrogen and oxygen atoms in total. The fourth-order valence-electron chi connectivity index (χ4n) is 3.91. The van der Waals surface area contributed by atoms with Crippen LogP contribution in [0.4, 0.5) is 5.88 Å². The molecular weight excluding hydrogens is 410 g/mol. The second kappa shape index (κ2) is 15.5. The van der Waals surface area contributed by atoms with Crippen LogP contribution in [0.1, 0.15) is 76.9 Å². The molecule has 180 valence electrons. The van der Waals surface area contributed by atoms with E-state index in [2.05, 4.69) is 27.3 Å². The summed E-state index contributed by atoms with van der Waals surface area (Å²) in [6, 6.07) is 2.68. The minimum Gasteiger partial charge on any atom is -0.400 e. The molecule has 0 aromatic carbocycles. The molecule has 0 atom stereocenters. The molecule has 9 heteroatoms. The number of hydrazone groups is 1. The van der Waals surface area contributed by atoms with Crippen LogP contribution in [0.2, 0.25) is 0 Å². The number of furan rings is 1. The Morgan fingerprint density at radius 3 is 2.22 bits per heavy atom. The Bertz CT molecular complexity index is 698. The molecule has 0 saturated carbocycles. The highest BCUT2D eigenvalue weighted by Crippen LogP contribution is 2.14. The van der Waals surface area contributed by atoms with Crippen molar-refractivity contribution in [2.45, 2.75) is 71.1 Å². The number of amides is 1. The number of rotatable bonds is 16. The van der Waals surface area contributed by atoms with E-state index < -0.39 is 4.92 Å². The van der Waals surface area contributed by atoms with Crippen molar-refractivity contribution in [2.24, 2.45) is 5.10 Å². The van der Waals surface area contributed by atoms with Gasteiger partial charge in [-0.05, 0) is 19.0 Å². The molecule has 0 spiro atoms. The van der Waals surface area contributed by atoms with Gasteiger partial charge in [0.05, 0.1) is 18.8 Å². The number of nitrogens with one attached hydrogen (secondary N) is 1. The predicted octanol–water partition coefficient (Wildman–Crippen LogP) is 4.18. The maximum atomic E-state index is 12.0. The van der Waals surface area contributed by atoms with E-state index >= 15 is 0 Å². The van der Waals surface area contributed by atoms with Crippen molar-refractivity contribution in [1.29, 1.82) is 0 Å². The molecule has 1 aromatic rings. The zero-order chi connectivity index (χ0) is 23.0. The fraction of sp³-hybridized carbons (Fsp3) is 0.739. The molecule has 0 bridgehead atoms. The molecular formula is C23H39N5O4. The molecule has 1 N–H and O–H groups in total. The van der Waals surface area contributed by atoms with Gasteiger partial charge in [0.15, 0.2) is 5.76 Å². The third kappa shape index (κ3) is 10.9. The van der Waals surface area contributed by atoms with E-state index in [1.807, 2.05) is 0 Å². The van der Waals surface area contributed by atoms with E-state index in [9.17, 15) is 14.9 Å². The highest BCUT2D eigenvalue weighted by molar-refractivity contribution is 5.81. The first-order chi connectivity index (χ1) is 15.6. The van der Waals surface area contributed by atoms with Gasteiger partial charge in [0.2, 0.25) is 0 Å². The first-order valence-corrected chi connectivity index (χ1v) is 12.1. The Hall–Kier alpha value is -2.26. The normalized spacial score (nSPS) is 15.4. The molecule has 0 aliphatic carbocycles. The molecule has 2 heterocycles. The van der Waals surface area contributed by atoms with Crippen molar-refractivity contribution in [3.05, 3.63) is 28.0 Å². The summed E-state index contributed by atoms with van der Waals surface area (Å²) in [5, 5.41) is 14.4. The lowest BCUT2D eigenvalue weighted by atomic mass is 10.1. The minimum absolute atomic E-state index is 0.203. The second-order valence-electron chi connectivity index (χ2n) is 8.53. The van der Waals surface area contributed by atoms with Gasteiger partial charge in [-0.2, -0.15) is 5.10 Å². The largest absolute Gasteiger partial charge is 0.433 e. The zero-order valence-corrected chi connectivity index (χ0v) is 19.5. The maximum absolute atomic E-state index is 12.0. The summed E-state index contributed by atoms with van der Waals surface area (Å²) in [6.45, 7) is 7.43. The zero-order valence-electron chi connectivity index (χ0n) is 19.5. The van der Waals surface area contributed by atoms with Crippen LogP contribution >= 0.6 is 0 Å². The molecule has 2 rings (SSSR count). The van der Waals surface area contributed by atoms with Crippen molar-refractivity contribution in [3.8, 4) is 0 Å². The lowest BCUT2D eigenvalue weighted by molar-refractivity contribution is -0.402. The molecule has 0 radical (unpaired) electrons. The van der Waals surface area contributed by atoms with Gasteiger partial charge in [-0.1, -0.05) is 64.7 Å². The van der Waals surface area contributed by atoms with E-state index in [0.29, 0.717) is 6.54 Å². The molecule has 0 unspecified atom stereocenters. The highest BCUT2D eigenvalue weighted by atomic mass is 16.6. The Morgan fingerprint density at radius 1 is 1.03 bits per heavy atom. The first-order valence-electron chi connectivity index (χ1n) is 12.1. The van der Waals surface area contributed by atoms with Gasteiger partial charge in [-0.3, -0.25) is 19.8 Å². The van der Waals surface area contributed by atoms with Gasteiger partial charge < -0.3 is 9.32 Å². The summed E-state index contributed by atoms with van der Waals surface area (Å²) >= 11 is 0. The van der Waals surface area contributed by atoms with Gasteiger partial charge in [-0.15, -0.1) is 0 Å². The van der Waals surface area contributed by atoms with E-state index in [1.165, 1.54) is 82.6 Å². The van der Waals surface area contributed by atoms with Crippen LogP contribution < -0.4 is 5.43 Å². The van der Waals surface area contributed by atoms with Crippen LogP contribution in [0.5, 0.6) is 0 Å². The summed E-state index contributed by atoms with van der Waals surface area (Å²) in [5.41, 5.74) is 2.45. The Labute approximate surface area is 191 Å². The highest BCUT2D eigenvalue weighted by Gasteiger charge is 2.18. The Kier molecular flexibility index (Phi) is 12.6. The summed E-state index contributed by atoms with van der Waals surface area (Å²) < 4.78 is 4.95. The van der Waals surface area contributed by atoms with Crippen molar-refractivity contribution >= 4 is 18.0 Å². The number of carbonyl (C=O) groups excluding carboxylic acids is 1. The summed E-state index contributed by atoms with van der Waals surface area (Å²) in [4.78, 5) is 26.6. The van der Waals surface area contributed by atoms with Crippen LogP contribution in [0, 0.1) is 10.1 Å². The van der Waals surface area contributed by atoms with Crippen LogP contribution in [0.25, 0.3) is 0 Å². The lowest BCUT2D eigenvalue weighted by Crippen LogP contribution is -2.49. The van der Waals surface area contributed by atoms with E-state index in [-0.39, 0.29) is 17.6 Å². The van der Waals surface area contributed by atoms with Crippen molar-refractivity contribution in [2.75, 3.05) is 39.3 Å². The summed E-state index contributed by atoms with van der Waals surface area (Å²) in [7, 11) is 0. The molecule has 1 aliphatic rings. The minimum atomic E-state index is -0.619. The van der Waals surface area contributed by atoms with E-state index in [4.69, 9.17) is 4.42 Å². The van der Waals surface area contributed by atoms with Gasteiger partial charge >= 0.3 is 5.88 Å². The molecule has 32 heavy (non-hydrogen) atoms. The molecule has 1 amide bonds. The average Bonchev–Trinajstić information content (AvgIpc) is 3.25. The van der Waals surface area contributed by atoms with Gasteiger partial charge in [0.1, 0.15) is 4.92 Å². The van der Waals surface area contributed by atoms with Gasteiger partial charge in [0.25, 0.3) is 5.91 Å². The fourth-order valence-corrected chi connectivity index (χ4v) is 3.91. The predicted molar refractivity (Wildman–Crippen MR) is 126 cm³/mol. The number of nitrogens with zero attached hydrogens (tertiary/aromatic N) is 4. The maximum Gasteiger partial charge on any atom is 0.433 e. The van der Waals surface area contributed by atoms with E-state index in [0.717, 1.165) is 32.7 Å². The second-order valence-corrected chi connectivity index (χ2v) is 8.53. The first kappa shape index (κ1) is 26.0. The number of piperazine rings is 1. The average molecular weight is 450 g/mol. The van der Waals surface area contributed by atoms with Gasteiger partial charge in [-0.25, -0.2) is 5.43 Å². The monoisotopic (exact) mass is 449 g/mol. The molecule has 1 aliphatic heterocycles. The smallest absolute Gasteiger partial charge is 0.400 e. The van der Waals surface area contributed by atoms with Crippen molar-refractivity contribution in [1.82, 2.24) is 15.2 Å². The lowest BCUT2D eigenvalue weighted by Gasteiger charge is -2.34. The Morgan fingerprint density at radius 2 is 1.62 bits per heavy atom. The van der Waals surface area contributed by atoms with Crippen LogP contribution in [0.3, 0.4) is 0 Å². The number of hydrogen-bond acceptors (Lipinski definition) is 7. The van der Waals surface area contributed by atoms with Gasteiger partial charge in [0, 0.05) is 26.2 Å². The third-order valence-corrected chi connectivity index (χ3v) is 5.83. The quantitative estimate of drug-likeness (QED) is 0.176. The van der Waals surface area contributed by atoms with Crippen LogP contribution in [0.15, 0.2) is 21.7 Å². The summed E-state index contributed by atoms with van der Waals surface area (Å²) in [6.07, 6.45) is 14.8. The molecule has 1 fully saturated rings. The van der Waals surface area contributed by atoms with Crippen molar-refractivity contribution < 1.29 is 14.1 Å². The van der Waals surface area contributed by atoms with Crippen LogP contribution in [-0.2, 0) is 4.79 Å². The molecule has 1 aromatic heterocycles. The number of carbonyl (C=O) groups is 1. The number of unbranched alkanes of at least 4 members (excludes halogenated alkanes) is 9. The van der Waals surface area contributed by atoms with Crippen molar-refractivity contribution in [3.63, 3.8) is 0 Å². The SMILES string of the molecule is CCCCCCCCCCCCN1CCN(CC(=O)N/N=C\c2ccc([N+](=O)[O-])o2)CC1. The topological polar surface area (TPSA) is 104 Å². The number of nitro groups is 1. The van der Waals surface area contributed by atoms with Crippen LogP contribution in [-0.4, -0.2) is 66.1 Å².